The predicted molar refractivity (Wildman–Crippen MR) is 137 cm³/mol. The number of carbonyl (C=O) groups is 3. The highest BCUT2D eigenvalue weighted by Gasteiger charge is 2.32. The van der Waals surface area contributed by atoms with Gasteiger partial charge in [-0.25, -0.2) is 4.79 Å². The Kier molecular flexibility index (Phi) is 9.32. The fourth-order valence-corrected chi connectivity index (χ4v) is 3.73. The van der Waals surface area contributed by atoms with Crippen LogP contribution in [0.2, 0.25) is 0 Å². The molecule has 0 fully saturated rings. The number of carboxylic acids is 1. The van der Waals surface area contributed by atoms with Crippen LogP contribution in [0.15, 0.2) is 47.5 Å². The number of halogens is 3. The fourth-order valence-electron chi connectivity index (χ4n) is 3.73. The number of nitrogens with zero attached hydrogens (tertiary/aromatic N) is 1. The molecule has 204 valence electrons. The van der Waals surface area contributed by atoms with Crippen LogP contribution in [-0.2, 0) is 22.2 Å². The third-order valence-corrected chi connectivity index (χ3v) is 5.56. The molecule has 1 aliphatic rings. The van der Waals surface area contributed by atoms with Crippen LogP contribution in [0.5, 0.6) is 0 Å². The normalized spacial score (nSPS) is 14.2. The van der Waals surface area contributed by atoms with Gasteiger partial charge in [0.05, 0.1) is 5.56 Å². The van der Waals surface area contributed by atoms with Gasteiger partial charge in [-0.1, -0.05) is 26.0 Å². The molecular weight excluding hydrogens is 503 g/mol. The van der Waals surface area contributed by atoms with Crippen LogP contribution in [0.3, 0.4) is 0 Å². The van der Waals surface area contributed by atoms with E-state index in [9.17, 15) is 32.7 Å². The number of guanidine groups is 1. The van der Waals surface area contributed by atoms with E-state index in [1.54, 1.807) is 12.1 Å². The summed E-state index contributed by atoms with van der Waals surface area (Å²) in [6.07, 6.45) is -3.63. The number of carbonyl (C=O) groups excluding carboxylic acids is 2. The summed E-state index contributed by atoms with van der Waals surface area (Å²) < 4.78 is 40.5. The molecule has 0 bridgehead atoms. The first-order valence-electron chi connectivity index (χ1n) is 12.1. The number of alkyl halides is 3. The Hall–Kier alpha value is -4.09. The molecule has 9 nitrogen and oxygen atoms in total. The van der Waals surface area contributed by atoms with Crippen molar-refractivity contribution < 1.29 is 32.7 Å². The largest absolute Gasteiger partial charge is 0.480 e. The van der Waals surface area contributed by atoms with E-state index in [1.165, 1.54) is 18.2 Å². The van der Waals surface area contributed by atoms with Crippen LogP contribution in [0, 0.1) is 5.92 Å². The molecule has 1 atom stereocenters. The molecule has 3 rings (SSSR count). The number of rotatable bonds is 9. The SMILES string of the molecule is CC(C)CC(=O)N[C@@H](Cc1ccc(NC(=O)c2cc(NC3=NCCCN3)cc(C(F)(F)F)c2)cc1)C(=O)O. The second-order valence-corrected chi connectivity index (χ2v) is 9.34. The lowest BCUT2D eigenvalue weighted by atomic mass is 10.0. The number of hydrogen-bond acceptors (Lipinski definition) is 6. The number of aliphatic imine (C=N–C) groups is 1. The minimum atomic E-state index is -4.67. The quantitative estimate of drug-likeness (QED) is 0.333. The lowest BCUT2D eigenvalue weighted by Gasteiger charge is -2.18. The van der Waals surface area contributed by atoms with Crippen molar-refractivity contribution in [2.24, 2.45) is 10.9 Å². The Morgan fingerprint density at radius 3 is 2.37 bits per heavy atom. The highest BCUT2D eigenvalue weighted by Crippen LogP contribution is 2.32. The number of carboxylic acid groups (broad SMARTS) is 1. The van der Waals surface area contributed by atoms with Gasteiger partial charge < -0.3 is 26.4 Å². The molecular formula is C26H30F3N5O4. The van der Waals surface area contributed by atoms with Crippen molar-refractivity contribution in [3.05, 3.63) is 59.2 Å². The van der Waals surface area contributed by atoms with E-state index in [1.807, 2.05) is 13.8 Å². The van der Waals surface area contributed by atoms with Gasteiger partial charge in [0, 0.05) is 42.9 Å². The third kappa shape index (κ3) is 8.49. The van der Waals surface area contributed by atoms with Crippen molar-refractivity contribution in [2.45, 2.75) is 45.3 Å². The Morgan fingerprint density at radius 1 is 1.08 bits per heavy atom. The summed E-state index contributed by atoms with van der Waals surface area (Å²) in [5.41, 5.74) is -0.237. The molecule has 2 aromatic carbocycles. The van der Waals surface area contributed by atoms with Crippen molar-refractivity contribution >= 4 is 35.1 Å². The van der Waals surface area contributed by atoms with Crippen molar-refractivity contribution in [2.75, 3.05) is 23.7 Å². The first-order chi connectivity index (χ1) is 17.9. The van der Waals surface area contributed by atoms with Gasteiger partial charge >= 0.3 is 12.1 Å². The molecule has 0 saturated carbocycles. The zero-order valence-electron chi connectivity index (χ0n) is 21.0. The zero-order valence-corrected chi connectivity index (χ0v) is 21.0. The summed E-state index contributed by atoms with van der Waals surface area (Å²) in [5.74, 6) is -1.89. The van der Waals surface area contributed by atoms with Gasteiger partial charge in [0.2, 0.25) is 5.91 Å². The van der Waals surface area contributed by atoms with E-state index in [0.29, 0.717) is 30.3 Å². The summed E-state index contributed by atoms with van der Waals surface area (Å²) in [7, 11) is 0. The average Bonchev–Trinajstić information content (AvgIpc) is 2.84. The van der Waals surface area contributed by atoms with Crippen LogP contribution in [0.1, 0.15) is 48.2 Å². The van der Waals surface area contributed by atoms with E-state index in [2.05, 4.69) is 26.3 Å². The van der Waals surface area contributed by atoms with Gasteiger partial charge in [0.1, 0.15) is 6.04 Å². The molecule has 12 heteroatoms. The maximum atomic E-state index is 13.5. The summed E-state index contributed by atoms with van der Waals surface area (Å²) in [6, 6.07) is 8.02. The second kappa shape index (κ2) is 12.4. The number of nitrogens with one attached hydrogen (secondary N) is 4. The Labute approximate surface area is 217 Å². The molecule has 2 amide bonds. The monoisotopic (exact) mass is 533 g/mol. The topological polar surface area (TPSA) is 132 Å². The zero-order chi connectivity index (χ0) is 27.9. The molecule has 0 aliphatic carbocycles. The van der Waals surface area contributed by atoms with Gasteiger partial charge in [0.15, 0.2) is 5.96 Å². The number of benzene rings is 2. The van der Waals surface area contributed by atoms with E-state index >= 15 is 0 Å². The summed E-state index contributed by atoms with van der Waals surface area (Å²) in [4.78, 5) is 40.6. The molecule has 38 heavy (non-hydrogen) atoms. The maximum Gasteiger partial charge on any atom is 0.416 e. The van der Waals surface area contributed by atoms with Crippen molar-refractivity contribution in [1.29, 1.82) is 0 Å². The Morgan fingerprint density at radius 2 is 1.79 bits per heavy atom. The molecule has 1 aliphatic heterocycles. The maximum absolute atomic E-state index is 13.5. The van der Waals surface area contributed by atoms with Crippen LogP contribution in [0.25, 0.3) is 0 Å². The van der Waals surface area contributed by atoms with Crippen LogP contribution >= 0.6 is 0 Å². The summed E-state index contributed by atoms with van der Waals surface area (Å²) in [6.45, 7) is 4.87. The Balaban J connectivity index is 1.71. The molecule has 0 saturated heterocycles. The van der Waals surface area contributed by atoms with Gasteiger partial charge in [-0.2, -0.15) is 13.2 Å². The summed E-state index contributed by atoms with van der Waals surface area (Å²) in [5, 5.41) is 20.3. The van der Waals surface area contributed by atoms with Crippen LogP contribution in [0.4, 0.5) is 24.5 Å². The highest BCUT2D eigenvalue weighted by atomic mass is 19.4. The van der Waals surface area contributed by atoms with Crippen molar-refractivity contribution in [3.8, 4) is 0 Å². The minimum absolute atomic E-state index is 0.0218. The van der Waals surface area contributed by atoms with Crippen LogP contribution < -0.4 is 21.3 Å². The first-order valence-corrected chi connectivity index (χ1v) is 12.1. The van der Waals surface area contributed by atoms with E-state index in [0.717, 1.165) is 18.6 Å². The van der Waals surface area contributed by atoms with E-state index in [-0.39, 0.29) is 35.9 Å². The average molecular weight is 534 g/mol. The lowest BCUT2D eigenvalue weighted by Crippen LogP contribution is -2.42. The molecule has 2 aromatic rings. The number of amides is 2. The smallest absolute Gasteiger partial charge is 0.416 e. The molecule has 5 N–H and O–H groups in total. The van der Waals surface area contributed by atoms with E-state index < -0.39 is 29.7 Å². The molecule has 0 spiro atoms. The number of anilines is 2. The molecule has 0 radical (unpaired) electrons. The van der Waals surface area contributed by atoms with Crippen molar-refractivity contribution in [3.63, 3.8) is 0 Å². The second-order valence-electron chi connectivity index (χ2n) is 9.34. The van der Waals surface area contributed by atoms with Crippen LogP contribution in [-0.4, -0.2) is 48.0 Å². The van der Waals surface area contributed by atoms with Gasteiger partial charge in [-0.15, -0.1) is 0 Å². The van der Waals surface area contributed by atoms with E-state index in [4.69, 9.17) is 0 Å². The van der Waals surface area contributed by atoms with Gasteiger partial charge in [-0.3, -0.25) is 14.6 Å². The predicted octanol–water partition coefficient (Wildman–Crippen LogP) is 3.88. The van der Waals surface area contributed by atoms with Crippen molar-refractivity contribution in [1.82, 2.24) is 10.6 Å². The Bertz CT molecular complexity index is 1200. The lowest BCUT2D eigenvalue weighted by molar-refractivity contribution is -0.142. The standard InChI is InChI=1S/C26H30F3N5O4/c1-15(2)10-22(35)34-21(24(37)38)11-16-4-6-19(7-5-16)32-23(36)17-12-18(26(27,28)29)14-20(13-17)33-25-30-8-3-9-31-25/h4-7,12-15,21H,3,8-11H2,1-2H3,(H,32,36)(H,34,35)(H,37,38)(H2,30,31,33)/t21-/m0/s1. The van der Waals surface area contributed by atoms with Gasteiger partial charge in [-0.05, 0) is 48.2 Å². The number of hydrogen-bond donors (Lipinski definition) is 5. The minimum Gasteiger partial charge on any atom is -0.480 e. The first kappa shape index (κ1) is 28.5. The third-order valence-electron chi connectivity index (χ3n) is 5.56. The molecule has 0 aromatic heterocycles. The molecule has 1 heterocycles. The fraction of sp³-hybridized carbons (Fsp3) is 0.385. The molecule has 0 unspecified atom stereocenters. The highest BCUT2D eigenvalue weighted by molar-refractivity contribution is 6.05. The van der Waals surface area contributed by atoms with Gasteiger partial charge in [0.25, 0.3) is 5.91 Å². The number of aliphatic carboxylic acids is 1. The summed E-state index contributed by atoms with van der Waals surface area (Å²) >= 11 is 0.